The molecular weight excluding hydrogens is 320 g/mol. The number of hydrogen-bond donors (Lipinski definition) is 0. The lowest BCUT2D eigenvalue weighted by Gasteiger charge is -2.11. The molecule has 1 saturated heterocycles. The third-order valence-electron chi connectivity index (χ3n) is 3.62. The van der Waals surface area contributed by atoms with Crippen molar-refractivity contribution in [2.45, 2.75) is 17.7 Å². The van der Waals surface area contributed by atoms with Gasteiger partial charge >= 0.3 is 0 Å². The minimum Gasteiger partial charge on any atom is -0.348 e. The van der Waals surface area contributed by atoms with Crippen molar-refractivity contribution in [3.63, 3.8) is 0 Å². The van der Waals surface area contributed by atoms with Crippen LogP contribution in [0.25, 0.3) is 0 Å². The summed E-state index contributed by atoms with van der Waals surface area (Å²) in [6.45, 7) is 1.95. The first kappa shape index (κ1) is 15.2. The van der Waals surface area contributed by atoms with E-state index in [9.17, 15) is 13.2 Å². The van der Waals surface area contributed by atoms with E-state index >= 15 is 0 Å². The molecule has 1 aliphatic rings. The Kier molecular flexibility index (Phi) is 4.01. The molecule has 7 heteroatoms. The van der Waals surface area contributed by atoms with Crippen molar-refractivity contribution < 1.29 is 13.2 Å². The number of ketones is 1. The summed E-state index contributed by atoms with van der Waals surface area (Å²) >= 11 is 1.36. The van der Waals surface area contributed by atoms with Gasteiger partial charge in [-0.25, -0.2) is 13.4 Å². The molecule has 0 bridgehead atoms. The highest BCUT2D eigenvalue weighted by atomic mass is 32.2. The number of nitrogens with zero attached hydrogens (tertiary/aromatic N) is 2. The monoisotopic (exact) mass is 336 g/mol. The Morgan fingerprint density at radius 2 is 2.00 bits per heavy atom. The van der Waals surface area contributed by atoms with Crippen LogP contribution in [0.1, 0.15) is 28.1 Å². The molecule has 2 heterocycles. The second-order valence-corrected chi connectivity index (χ2v) is 8.36. The van der Waals surface area contributed by atoms with Crippen LogP contribution in [0.5, 0.6) is 0 Å². The van der Waals surface area contributed by atoms with E-state index in [1.807, 2.05) is 0 Å². The fraction of sp³-hybridized carbons (Fsp3) is 0.333. The summed E-state index contributed by atoms with van der Waals surface area (Å²) in [5.41, 5.74) is 0.375. The van der Waals surface area contributed by atoms with Crippen molar-refractivity contribution in [1.29, 1.82) is 0 Å². The zero-order valence-corrected chi connectivity index (χ0v) is 13.8. The average Bonchev–Trinajstić information content (AvgIpc) is 3.16. The van der Waals surface area contributed by atoms with Crippen LogP contribution in [-0.4, -0.2) is 38.5 Å². The quantitative estimate of drug-likeness (QED) is 0.802. The zero-order chi connectivity index (χ0) is 15.7. The number of sulfone groups is 1. The van der Waals surface area contributed by atoms with Gasteiger partial charge in [-0.3, -0.25) is 4.79 Å². The predicted octanol–water partition coefficient (Wildman–Crippen LogP) is 2.38. The van der Waals surface area contributed by atoms with E-state index in [-0.39, 0.29) is 10.7 Å². The Balaban J connectivity index is 1.88. The molecule has 116 valence electrons. The zero-order valence-electron chi connectivity index (χ0n) is 12.2. The minimum atomic E-state index is -3.32. The van der Waals surface area contributed by atoms with Crippen molar-refractivity contribution in [1.82, 2.24) is 4.98 Å². The SMILES string of the molecule is CS(=O)(=O)c1cccc(C(=O)c2cnc(N3CCCC3)s2)c1. The molecule has 0 N–H and O–H groups in total. The number of carbonyl (C=O) groups is 1. The summed E-state index contributed by atoms with van der Waals surface area (Å²) in [5, 5.41) is 0.861. The second kappa shape index (κ2) is 5.81. The van der Waals surface area contributed by atoms with Gasteiger partial charge in [0.1, 0.15) is 0 Å². The number of carbonyl (C=O) groups excluding carboxylic acids is 1. The molecule has 1 aromatic heterocycles. The summed E-state index contributed by atoms with van der Waals surface area (Å²) < 4.78 is 23.2. The van der Waals surface area contributed by atoms with E-state index in [1.54, 1.807) is 18.3 Å². The maximum atomic E-state index is 12.5. The van der Waals surface area contributed by atoms with Crippen molar-refractivity contribution in [2.24, 2.45) is 0 Å². The highest BCUT2D eigenvalue weighted by molar-refractivity contribution is 7.90. The van der Waals surface area contributed by atoms with Gasteiger partial charge in [0.2, 0.25) is 5.78 Å². The topological polar surface area (TPSA) is 67.3 Å². The smallest absolute Gasteiger partial charge is 0.204 e. The number of aromatic nitrogens is 1. The third kappa shape index (κ3) is 3.05. The van der Waals surface area contributed by atoms with Gasteiger partial charge in [-0.1, -0.05) is 23.5 Å². The maximum absolute atomic E-state index is 12.5. The summed E-state index contributed by atoms with van der Waals surface area (Å²) in [5.74, 6) is -0.187. The molecule has 0 saturated carbocycles. The van der Waals surface area contributed by atoms with Crippen molar-refractivity contribution in [3.05, 3.63) is 40.9 Å². The highest BCUT2D eigenvalue weighted by Crippen LogP contribution is 2.27. The van der Waals surface area contributed by atoms with E-state index in [0.717, 1.165) is 37.3 Å². The first-order chi connectivity index (χ1) is 10.4. The summed E-state index contributed by atoms with van der Waals surface area (Å²) in [7, 11) is -3.32. The molecule has 2 aromatic rings. The van der Waals surface area contributed by atoms with Crippen molar-refractivity contribution >= 4 is 32.1 Å². The van der Waals surface area contributed by atoms with Crippen LogP contribution < -0.4 is 4.90 Å². The standard InChI is InChI=1S/C15H16N2O3S2/c1-22(19,20)12-6-4-5-11(9-12)14(18)13-10-16-15(21-13)17-7-2-3-8-17/h4-6,9-10H,2-3,7-8H2,1H3. The van der Waals surface area contributed by atoms with Gasteiger partial charge < -0.3 is 4.90 Å². The summed E-state index contributed by atoms with van der Waals surface area (Å²) in [6.07, 6.45) is 5.01. The second-order valence-electron chi connectivity index (χ2n) is 5.33. The average molecular weight is 336 g/mol. The Hall–Kier alpha value is -1.73. The van der Waals surface area contributed by atoms with E-state index in [0.29, 0.717) is 10.4 Å². The first-order valence-electron chi connectivity index (χ1n) is 7.01. The largest absolute Gasteiger partial charge is 0.348 e. The molecule has 22 heavy (non-hydrogen) atoms. The van der Waals surface area contributed by atoms with Gasteiger partial charge in [-0.2, -0.15) is 0 Å². The van der Waals surface area contributed by atoms with Gasteiger partial charge in [0, 0.05) is 24.9 Å². The Morgan fingerprint density at radius 3 is 2.68 bits per heavy atom. The summed E-state index contributed by atoms with van der Waals surface area (Å²) in [6, 6.07) is 6.14. The number of hydrogen-bond acceptors (Lipinski definition) is 6. The number of benzene rings is 1. The van der Waals surface area contributed by atoms with Crippen LogP contribution in [0.15, 0.2) is 35.4 Å². The van der Waals surface area contributed by atoms with Gasteiger partial charge in [0.25, 0.3) is 0 Å². The van der Waals surface area contributed by atoms with Crippen LogP contribution in [0.2, 0.25) is 0 Å². The van der Waals surface area contributed by atoms with E-state index in [2.05, 4.69) is 9.88 Å². The van der Waals surface area contributed by atoms with Crippen LogP contribution in [0.4, 0.5) is 5.13 Å². The Morgan fingerprint density at radius 1 is 1.27 bits per heavy atom. The molecule has 1 aliphatic heterocycles. The fourth-order valence-corrected chi connectivity index (χ4v) is 4.03. The normalized spacial score (nSPS) is 15.2. The number of anilines is 1. The molecule has 3 rings (SSSR count). The molecule has 0 aliphatic carbocycles. The molecular formula is C15H16N2O3S2. The van der Waals surface area contributed by atoms with Crippen LogP contribution >= 0.6 is 11.3 Å². The first-order valence-corrected chi connectivity index (χ1v) is 9.71. The minimum absolute atomic E-state index is 0.155. The van der Waals surface area contributed by atoms with Crippen LogP contribution in [0, 0.1) is 0 Å². The van der Waals surface area contributed by atoms with Crippen LogP contribution in [0.3, 0.4) is 0 Å². The van der Waals surface area contributed by atoms with Gasteiger partial charge in [-0.15, -0.1) is 0 Å². The molecule has 5 nitrogen and oxygen atoms in total. The molecule has 0 atom stereocenters. The third-order valence-corrected chi connectivity index (χ3v) is 5.79. The van der Waals surface area contributed by atoms with Crippen LogP contribution in [-0.2, 0) is 9.84 Å². The molecule has 0 amide bonds. The molecule has 0 unspecified atom stereocenters. The van der Waals surface area contributed by atoms with Crippen molar-refractivity contribution in [2.75, 3.05) is 24.2 Å². The molecule has 0 radical (unpaired) electrons. The lowest BCUT2D eigenvalue weighted by Crippen LogP contribution is -2.16. The van der Waals surface area contributed by atoms with E-state index in [4.69, 9.17) is 0 Å². The predicted molar refractivity (Wildman–Crippen MR) is 86.5 cm³/mol. The number of thiazole rings is 1. The van der Waals surface area contributed by atoms with Gasteiger partial charge in [0.15, 0.2) is 15.0 Å². The Labute approximate surface area is 133 Å². The lowest BCUT2D eigenvalue weighted by molar-refractivity contribution is 0.104. The fourth-order valence-electron chi connectivity index (χ4n) is 2.43. The van der Waals surface area contributed by atoms with E-state index < -0.39 is 9.84 Å². The van der Waals surface area contributed by atoms with Gasteiger partial charge in [0.05, 0.1) is 16.0 Å². The molecule has 1 aromatic carbocycles. The Bertz CT molecular complexity index is 806. The lowest BCUT2D eigenvalue weighted by atomic mass is 10.1. The van der Waals surface area contributed by atoms with Crippen molar-refractivity contribution in [3.8, 4) is 0 Å². The van der Waals surface area contributed by atoms with Gasteiger partial charge in [-0.05, 0) is 25.0 Å². The maximum Gasteiger partial charge on any atom is 0.204 e. The number of rotatable bonds is 4. The van der Waals surface area contributed by atoms with E-state index in [1.165, 1.54) is 23.5 Å². The summed E-state index contributed by atoms with van der Waals surface area (Å²) in [4.78, 5) is 19.7. The molecule has 0 spiro atoms. The molecule has 1 fully saturated rings. The highest BCUT2D eigenvalue weighted by Gasteiger charge is 2.19.